The van der Waals surface area contributed by atoms with Gasteiger partial charge in [-0.2, -0.15) is 0 Å². The molecule has 0 aliphatic carbocycles. The van der Waals surface area contributed by atoms with Gasteiger partial charge in [0.1, 0.15) is 0 Å². The molecular formula is C35H70O3. The fourth-order valence-corrected chi connectivity index (χ4v) is 5.69. The van der Waals surface area contributed by atoms with Crippen molar-refractivity contribution >= 4 is 5.97 Å². The molecule has 0 aromatic carbocycles. The van der Waals surface area contributed by atoms with Crippen molar-refractivity contribution in [1.82, 2.24) is 0 Å². The molecule has 0 atom stereocenters. The van der Waals surface area contributed by atoms with Gasteiger partial charge in [0.05, 0.1) is 0 Å². The molecule has 0 aromatic heterocycles. The third-order valence-corrected chi connectivity index (χ3v) is 8.30. The molecule has 0 radical (unpaired) electrons. The van der Waals surface area contributed by atoms with Crippen LogP contribution < -0.4 is 0 Å². The molecule has 0 spiro atoms. The molecule has 3 heteroatoms. The molecule has 0 heterocycles. The smallest absolute Gasteiger partial charge is 0.303 e. The van der Waals surface area contributed by atoms with Crippen LogP contribution in [0.1, 0.15) is 212 Å². The summed E-state index contributed by atoms with van der Waals surface area (Å²) >= 11 is 0. The van der Waals surface area contributed by atoms with Gasteiger partial charge in [0.15, 0.2) is 0 Å². The molecule has 0 rings (SSSR count). The van der Waals surface area contributed by atoms with E-state index in [1.54, 1.807) is 0 Å². The number of aliphatic carboxylic acids is 1. The zero-order chi connectivity index (χ0) is 27.6. The number of carbonyl (C=O) groups is 1. The van der Waals surface area contributed by atoms with Crippen molar-refractivity contribution in [2.45, 2.75) is 212 Å². The molecule has 0 aliphatic rings. The summed E-state index contributed by atoms with van der Waals surface area (Å²) in [5, 5.41) is 17.4. The Hall–Kier alpha value is -0.570. The molecular weight excluding hydrogens is 468 g/mol. The Morgan fingerprint density at radius 1 is 0.289 bits per heavy atom. The number of aliphatic hydroxyl groups is 1. The van der Waals surface area contributed by atoms with Crippen LogP contribution in [-0.4, -0.2) is 22.8 Å². The predicted octanol–water partition coefficient (Wildman–Crippen LogP) is 11.9. The Bertz CT molecular complexity index is 437. The summed E-state index contributed by atoms with van der Waals surface area (Å²) in [4.78, 5) is 10.5. The van der Waals surface area contributed by atoms with Crippen LogP contribution in [0.5, 0.6) is 0 Å². The molecule has 2 N–H and O–H groups in total. The number of hydrogen-bond acceptors (Lipinski definition) is 2. The van der Waals surface area contributed by atoms with E-state index in [1.165, 1.54) is 186 Å². The van der Waals surface area contributed by atoms with Crippen LogP contribution in [0.2, 0.25) is 0 Å². The first-order chi connectivity index (χ1) is 18.8. The van der Waals surface area contributed by atoms with E-state index in [-0.39, 0.29) is 0 Å². The van der Waals surface area contributed by atoms with Crippen molar-refractivity contribution in [2.24, 2.45) is 0 Å². The van der Waals surface area contributed by atoms with E-state index < -0.39 is 5.97 Å². The van der Waals surface area contributed by atoms with Crippen molar-refractivity contribution in [2.75, 3.05) is 6.61 Å². The second-order valence-corrected chi connectivity index (χ2v) is 12.2. The highest BCUT2D eigenvalue weighted by Gasteiger charge is 1.98. The van der Waals surface area contributed by atoms with Crippen LogP contribution >= 0.6 is 0 Å². The van der Waals surface area contributed by atoms with Crippen LogP contribution in [0.3, 0.4) is 0 Å². The summed E-state index contributed by atoms with van der Waals surface area (Å²) in [5.41, 5.74) is 0. The fraction of sp³-hybridized carbons (Fsp3) is 0.971. The lowest BCUT2D eigenvalue weighted by molar-refractivity contribution is -0.137. The van der Waals surface area contributed by atoms with Crippen LogP contribution in [0, 0.1) is 0 Å². The number of unbranched alkanes of at least 4 members (excludes halogenated alkanes) is 31. The van der Waals surface area contributed by atoms with E-state index >= 15 is 0 Å². The zero-order valence-corrected chi connectivity index (χ0v) is 25.8. The highest BCUT2D eigenvalue weighted by Crippen LogP contribution is 2.16. The summed E-state index contributed by atoms with van der Waals surface area (Å²) in [7, 11) is 0. The molecule has 0 aliphatic heterocycles. The van der Waals surface area contributed by atoms with Crippen LogP contribution in [0.4, 0.5) is 0 Å². The summed E-state index contributed by atoms with van der Waals surface area (Å²) < 4.78 is 0. The van der Waals surface area contributed by atoms with Gasteiger partial charge in [0, 0.05) is 13.0 Å². The van der Waals surface area contributed by atoms with E-state index in [2.05, 4.69) is 0 Å². The molecule has 0 saturated heterocycles. The van der Waals surface area contributed by atoms with Gasteiger partial charge >= 0.3 is 5.97 Å². The molecule has 0 unspecified atom stereocenters. The summed E-state index contributed by atoms with van der Waals surface area (Å²) in [6, 6.07) is 0. The Morgan fingerprint density at radius 2 is 0.447 bits per heavy atom. The van der Waals surface area contributed by atoms with E-state index in [4.69, 9.17) is 10.2 Å². The largest absolute Gasteiger partial charge is 0.481 e. The number of carboxylic acids is 1. The van der Waals surface area contributed by atoms with Gasteiger partial charge in [-0.15, -0.1) is 0 Å². The molecule has 38 heavy (non-hydrogen) atoms. The first kappa shape index (κ1) is 37.4. The molecule has 0 saturated carbocycles. The lowest BCUT2D eigenvalue weighted by atomic mass is 10.0. The molecule has 0 aromatic rings. The van der Waals surface area contributed by atoms with Crippen LogP contribution in [0.25, 0.3) is 0 Å². The van der Waals surface area contributed by atoms with Crippen molar-refractivity contribution < 1.29 is 15.0 Å². The summed E-state index contributed by atoms with van der Waals surface area (Å²) in [6.07, 6.45) is 44.1. The third kappa shape index (κ3) is 35.4. The third-order valence-electron chi connectivity index (χ3n) is 8.30. The van der Waals surface area contributed by atoms with Gasteiger partial charge in [-0.1, -0.05) is 193 Å². The van der Waals surface area contributed by atoms with Gasteiger partial charge in [-0.3, -0.25) is 4.79 Å². The van der Waals surface area contributed by atoms with E-state index in [9.17, 15) is 4.79 Å². The quantitative estimate of drug-likeness (QED) is 0.0801. The maximum Gasteiger partial charge on any atom is 0.303 e. The minimum Gasteiger partial charge on any atom is -0.481 e. The lowest BCUT2D eigenvalue weighted by Crippen LogP contribution is -1.93. The van der Waals surface area contributed by atoms with Crippen molar-refractivity contribution in [3.05, 3.63) is 0 Å². The first-order valence-corrected chi connectivity index (χ1v) is 17.6. The average molecular weight is 539 g/mol. The Labute approximate surface area is 239 Å². The van der Waals surface area contributed by atoms with E-state index in [0.717, 1.165) is 19.3 Å². The first-order valence-electron chi connectivity index (χ1n) is 17.6. The SMILES string of the molecule is O=C(O)CCCCCCCCCCCCCCCCCCCCCCCCCCCCCCCCCCO. The Balaban J connectivity index is 3.02. The normalized spacial score (nSPS) is 11.4. The maximum atomic E-state index is 10.5. The Morgan fingerprint density at radius 3 is 0.605 bits per heavy atom. The summed E-state index contributed by atoms with van der Waals surface area (Å²) in [5.74, 6) is -0.651. The van der Waals surface area contributed by atoms with Crippen LogP contribution in [0.15, 0.2) is 0 Å². The maximum absolute atomic E-state index is 10.5. The monoisotopic (exact) mass is 539 g/mol. The molecule has 228 valence electrons. The second-order valence-electron chi connectivity index (χ2n) is 12.2. The number of aliphatic hydroxyl groups excluding tert-OH is 1. The second kappa shape index (κ2) is 34.5. The van der Waals surface area contributed by atoms with Crippen molar-refractivity contribution in [3.63, 3.8) is 0 Å². The Kier molecular flexibility index (Phi) is 33.9. The minimum atomic E-state index is -0.651. The molecule has 0 amide bonds. The zero-order valence-electron chi connectivity index (χ0n) is 25.8. The molecule has 3 nitrogen and oxygen atoms in total. The van der Waals surface area contributed by atoms with E-state index in [0.29, 0.717) is 13.0 Å². The number of hydrogen-bond donors (Lipinski definition) is 2. The highest BCUT2D eigenvalue weighted by atomic mass is 16.4. The highest BCUT2D eigenvalue weighted by molar-refractivity contribution is 5.66. The van der Waals surface area contributed by atoms with Gasteiger partial charge in [-0.05, 0) is 12.8 Å². The minimum absolute atomic E-state index is 0.344. The number of rotatable bonds is 34. The summed E-state index contributed by atoms with van der Waals surface area (Å²) in [6.45, 7) is 0.367. The number of carboxylic acid groups (broad SMARTS) is 1. The van der Waals surface area contributed by atoms with Crippen LogP contribution in [-0.2, 0) is 4.79 Å². The van der Waals surface area contributed by atoms with Gasteiger partial charge in [0.25, 0.3) is 0 Å². The standard InChI is InChI=1S/C35H70O3/c36-34-32-30-28-26-24-22-20-18-16-14-12-10-8-6-4-2-1-3-5-7-9-11-13-15-17-19-21-23-25-27-29-31-33-35(37)38/h36H,1-34H2,(H,37,38). The van der Waals surface area contributed by atoms with Crippen molar-refractivity contribution in [1.29, 1.82) is 0 Å². The van der Waals surface area contributed by atoms with Gasteiger partial charge < -0.3 is 10.2 Å². The van der Waals surface area contributed by atoms with Gasteiger partial charge in [0.2, 0.25) is 0 Å². The topological polar surface area (TPSA) is 57.5 Å². The fourth-order valence-electron chi connectivity index (χ4n) is 5.69. The molecule has 0 fully saturated rings. The predicted molar refractivity (Wildman–Crippen MR) is 167 cm³/mol. The van der Waals surface area contributed by atoms with Gasteiger partial charge in [-0.25, -0.2) is 0 Å². The van der Waals surface area contributed by atoms with Crippen molar-refractivity contribution in [3.8, 4) is 0 Å². The average Bonchev–Trinajstić information content (AvgIpc) is 2.91. The lowest BCUT2D eigenvalue weighted by Gasteiger charge is -2.05. The molecule has 0 bridgehead atoms. The van der Waals surface area contributed by atoms with E-state index in [1.807, 2.05) is 0 Å².